The van der Waals surface area contributed by atoms with Crippen LogP contribution < -0.4 is 11.3 Å². The van der Waals surface area contributed by atoms with Crippen LogP contribution in [0.4, 0.5) is 18.9 Å². The van der Waals surface area contributed by atoms with Gasteiger partial charge in [0.25, 0.3) is 5.56 Å². The maximum atomic E-state index is 12.2. The van der Waals surface area contributed by atoms with Gasteiger partial charge in [0.2, 0.25) is 0 Å². The van der Waals surface area contributed by atoms with Crippen LogP contribution in [0, 0.1) is 0 Å². The summed E-state index contributed by atoms with van der Waals surface area (Å²) in [5.41, 5.74) is 3.11. The fourth-order valence-corrected chi connectivity index (χ4v) is 0.926. The van der Waals surface area contributed by atoms with E-state index >= 15 is 0 Å². The van der Waals surface area contributed by atoms with Crippen molar-refractivity contribution in [2.75, 3.05) is 5.73 Å². The number of rotatable bonds is 0. The molecule has 72 valence electrons. The van der Waals surface area contributed by atoms with Crippen LogP contribution in [0.2, 0.25) is 0 Å². The molecule has 0 fully saturated rings. The Morgan fingerprint density at radius 1 is 1.38 bits per heavy atom. The summed E-state index contributed by atoms with van der Waals surface area (Å²) in [6.07, 6.45) is -4.55. The molecule has 0 radical (unpaired) electrons. The van der Waals surface area contributed by atoms with Crippen LogP contribution in [-0.4, -0.2) is 4.57 Å². The molecule has 6 heteroatoms. The molecule has 0 aliphatic heterocycles. The van der Waals surface area contributed by atoms with Crippen LogP contribution in [0.3, 0.4) is 0 Å². The minimum absolute atomic E-state index is 0.185. The third-order valence-electron chi connectivity index (χ3n) is 1.58. The molecule has 1 aromatic rings. The van der Waals surface area contributed by atoms with Crippen molar-refractivity contribution in [1.82, 2.24) is 4.57 Å². The smallest absolute Gasteiger partial charge is 0.399 e. The summed E-state index contributed by atoms with van der Waals surface area (Å²) in [5.74, 6) is 0. The van der Waals surface area contributed by atoms with E-state index in [1.165, 1.54) is 0 Å². The summed E-state index contributed by atoms with van der Waals surface area (Å²) >= 11 is 0. The highest BCUT2D eigenvalue weighted by Crippen LogP contribution is 2.28. The molecule has 0 spiro atoms. The van der Waals surface area contributed by atoms with Crippen molar-refractivity contribution in [3.05, 3.63) is 28.2 Å². The molecule has 0 aromatic carbocycles. The number of anilines is 1. The molecule has 1 aromatic heterocycles. The summed E-state index contributed by atoms with van der Waals surface area (Å²) in [6, 6.07) is 1.66. The zero-order valence-corrected chi connectivity index (χ0v) is 6.72. The molecule has 1 heterocycles. The van der Waals surface area contributed by atoms with Gasteiger partial charge in [-0.15, -0.1) is 0 Å². The number of alkyl halides is 3. The summed E-state index contributed by atoms with van der Waals surface area (Å²) in [7, 11) is 1.05. The Hall–Kier alpha value is -1.46. The number of nitrogen functional groups attached to an aromatic ring is 1. The first-order valence-electron chi connectivity index (χ1n) is 3.36. The molecule has 2 N–H and O–H groups in total. The van der Waals surface area contributed by atoms with E-state index in [2.05, 4.69) is 0 Å². The molecule has 1 rings (SSSR count). The van der Waals surface area contributed by atoms with Gasteiger partial charge in [-0.3, -0.25) is 4.79 Å². The first kappa shape index (κ1) is 9.63. The summed E-state index contributed by atoms with van der Waals surface area (Å²) < 4.78 is 37.1. The second kappa shape index (κ2) is 2.79. The van der Waals surface area contributed by atoms with Crippen LogP contribution in [0.15, 0.2) is 16.9 Å². The lowest BCUT2D eigenvalue weighted by molar-refractivity contribution is -0.143. The lowest BCUT2D eigenvalue weighted by Crippen LogP contribution is -2.25. The Morgan fingerprint density at radius 2 is 1.92 bits per heavy atom. The van der Waals surface area contributed by atoms with Crippen molar-refractivity contribution in [2.45, 2.75) is 6.18 Å². The Kier molecular flexibility index (Phi) is 2.07. The van der Waals surface area contributed by atoms with E-state index in [1.54, 1.807) is 0 Å². The molecule has 0 bridgehead atoms. The maximum absolute atomic E-state index is 12.2. The van der Waals surface area contributed by atoms with Crippen LogP contribution in [0.25, 0.3) is 0 Å². The molecule has 0 aliphatic rings. The highest BCUT2D eigenvalue weighted by atomic mass is 19.4. The van der Waals surface area contributed by atoms with E-state index in [1.807, 2.05) is 0 Å². The number of aromatic nitrogens is 1. The topological polar surface area (TPSA) is 48.0 Å². The molecule has 0 saturated carbocycles. The average molecular weight is 192 g/mol. The third-order valence-corrected chi connectivity index (χ3v) is 1.58. The molecular formula is C7H7F3N2O. The second-order valence-corrected chi connectivity index (χ2v) is 2.57. The molecule has 0 atom stereocenters. The monoisotopic (exact) mass is 192 g/mol. The van der Waals surface area contributed by atoms with Gasteiger partial charge in [0.05, 0.1) is 0 Å². The van der Waals surface area contributed by atoms with Gasteiger partial charge >= 0.3 is 6.18 Å². The van der Waals surface area contributed by atoms with Gasteiger partial charge in [-0.2, -0.15) is 13.2 Å². The van der Waals surface area contributed by atoms with Crippen molar-refractivity contribution >= 4 is 5.69 Å². The standard InChI is InChI=1S/C7H7F3N2O/c1-12-5(7(8,9)10)2-4(11)3-6(12)13/h2-3H,11H2,1H3. The molecule has 0 saturated heterocycles. The Labute approximate surface area is 71.6 Å². The van der Waals surface area contributed by atoms with Crippen molar-refractivity contribution in [1.29, 1.82) is 0 Å². The number of nitrogens with two attached hydrogens (primary N) is 1. The van der Waals surface area contributed by atoms with E-state index in [9.17, 15) is 18.0 Å². The number of hydrogen-bond acceptors (Lipinski definition) is 2. The number of halogens is 3. The Bertz CT molecular complexity index is 380. The predicted octanol–water partition coefficient (Wildman–Crippen LogP) is 0.986. The molecule has 0 aliphatic carbocycles. The van der Waals surface area contributed by atoms with Crippen LogP contribution >= 0.6 is 0 Å². The van der Waals surface area contributed by atoms with Gasteiger partial charge in [0.15, 0.2) is 0 Å². The highest BCUT2D eigenvalue weighted by molar-refractivity contribution is 5.38. The van der Waals surface area contributed by atoms with Gasteiger partial charge in [-0.25, -0.2) is 0 Å². The van der Waals surface area contributed by atoms with E-state index in [-0.39, 0.29) is 5.69 Å². The van der Waals surface area contributed by atoms with E-state index in [0.29, 0.717) is 4.57 Å². The summed E-state index contributed by atoms with van der Waals surface area (Å²) in [4.78, 5) is 10.9. The average Bonchev–Trinajstić information content (AvgIpc) is 1.94. The first-order chi connectivity index (χ1) is 5.82. The van der Waals surface area contributed by atoms with Crippen molar-refractivity contribution in [3.63, 3.8) is 0 Å². The Balaban J connectivity index is 3.46. The predicted molar refractivity (Wildman–Crippen MR) is 41.1 cm³/mol. The summed E-state index contributed by atoms with van der Waals surface area (Å²) in [6.45, 7) is 0. The largest absolute Gasteiger partial charge is 0.431 e. The van der Waals surface area contributed by atoms with E-state index in [4.69, 9.17) is 5.73 Å². The van der Waals surface area contributed by atoms with Gasteiger partial charge in [0, 0.05) is 18.8 Å². The lowest BCUT2D eigenvalue weighted by atomic mass is 10.3. The molecular weight excluding hydrogens is 185 g/mol. The molecule has 13 heavy (non-hydrogen) atoms. The highest BCUT2D eigenvalue weighted by Gasteiger charge is 2.33. The van der Waals surface area contributed by atoms with E-state index < -0.39 is 17.4 Å². The number of pyridine rings is 1. The van der Waals surface area contributed by atoms with Crippen molar-refractivity contribution in [2.24, 2.45) is 7.05 Å². The number of nitrogens with zero attached hydrogens (tertiary/aromatic N) is 1. The first-order valence-corrected chi connectivity index (χ1v) is 3.36. The van der Waals surface area contributed by atoms with Gasteiger partial charge in [-0.05, 0) is 6.07 Å². The molecule has 0 unspecified atom stereocenters. The minimum atomic E-state index is -4.55. The van der Waals surface area contributed by atoms with E-state index in [0.717, 1.165) is 19.2 Å². The second-order valence-electron chi connectivity index (χ2n) is 2.57. The zero-order valence-electron chi connectivity index (χ0n) is 6.72. The lowest BCUT2D eigenvalue weighted by Gasteiger charge is -2.11. The maximum Gasteiger partial charge on any atom is 0.431 e. The normalized spacial score (nSPS) is 11.7. The zero-order chi connectivity index (χ0) is 10.2. The van der Waals surface area contributed by atoms with Gasteiger partial charge in [-0.1, -0.05) is 0 Å². The van der Waals surface area contributed by atoms with Gasteiger partial charge < -0.3 is 10.3 Å². The SMILES string of the molecule is Cn1c(C(F)(F)F)cc(N)cc1=O. The van der Waals surface area contributed by atoms with Crippen LogP contribution in [0.1, 0.15) is 5.69 Å². The van der Waals surface area contributed by atoms with Gasteiger partial charge in [0.1, 0.15) is 5.69 Å². The quantitative estimate of drug-likeness (QED) is 0.666. The van der Waals surface area contributed by atoms with Crippen molar-refractivity contribution < 1.29 is 13.2 Å². The fourth-order valence-electron chi connectivity index (χ4n) is 0.926. The number of hydrogen-bond donors (Lipinski definition) is 1. The van der Waals surface area contributed by atoms with Crippen LogP contribution in [0.5, 0.6) is 0 Å². The van der Waals surface area contributed by atoms with Crippen molar-refractivity contribution in [3.8, 4) is 0 Å². The third kappa shape index (κ3) is 1.82. The minimum Gasteiger partial charge on any atom is -0.399 e. The Morgan fingerprint density at radius 3 is 2.38 bits per heavy atom. The summed E-state index contributed by atoms with van der Waals surface area (Å²) in [5, 5.41) is 0. The fraction of sp³-hybridized carbons (Fsp3) is 0.286. The molecule has 3 nitrogen and oxygen atoms in total. The van der Waals surface area contributed by atoms with Crippen LogP contribution in [-0.2, 0) is 13.2 Å². The molecule has 0 amide bonds.